The van der Waals surface area contributed by atoms with Gasteiger partial charge in [0.25, 0.3) is 5.91 Å². The van der Waals surface area contributed by atoms with Crippen LogP contribution in [0.3, 0.4) is 0 Å². The van der Waals surface area contributed by atoms with Crippen molar-refractivity contribution in [1.82, 2.24) is 9.13 Å². The maximum absolute atomic E-state index is 13.8. The van der Waals surface area contributed by atoms with E-state index in [4.69, 9.17) is 0 Å². The van der Waals surface area contributed by atoms with Crippen molar-refractivity contribution >= 4 is 56.0 Å². The Morgan fingerprint density at radius 3 is 1.95 bits per heavy atom. The van der Waals surface area contributed by atoms with E-state index in [1.54, 1.807) is 0 Å². The van der Waals surface area contributed by atoms with Crippen molar-refractivity contribution in [2.75, 3.05) is 11.4 Å². The molecule has 5 heteroatoms. The molecule has 0 bridgehead atoms. The third kappa shape index (κ3) is 3.85. The van der Waals surface area contributed by atoms with Crippen molar-refractivity contribution in [2.45, 2.75) is 19.4 Å². The lowest BCUT2D eigenvalue weighted by atomic mass is 10.0. The lowest BCUT2D eigenvalue weighted by Gasteiger charge is -2.18. The molecular weight excluding hydrogens is 494 g/mol. The van der Waals surface area contributed by atoms with E-state index in [9.17, 15) is 9.59 Å². The maximum atomic E-state index is 13.8. The molecule has 5 nitrogen and oxygen atoms in total. The van der Waals surface area contributed by atoms with Gasteiger partial charge in [-0.3, -0.25) is 9.59 Å². The predicted molar refractivity (Wildman–Crippen MR) is 165 cm³/mol. The zero-order chi connectivity index (χ0) is 27.2. The molecule has 40 heavy (non-hydrogen) atoms. The molecule has 4 aromatic carbocycles. The van der Waals surface area contributed by atoms with Crippen LogP contribution in [-0.2, 0) is 18.4 Å². The van der Waals surface area contributed by atoms with E-state index in [0.717, 1.165) is 74.5 Å². The summed E-state index contributed by atoms with van der Waals surface area (Å²) in [6.07, 6.45) is 5.86. The Morgan fingerprint density at radius 1 is 0.650 bits per heavy atom. The number of carbonyl (C=O) groups excluding carboxylic acids is 1. The van der Waals surface area contributed by atoms with Crippen molar-refractivity contribution in [1.29, 1.82) is 0 Å². The lowest BCUT2D eigenvalue weighted by Crippen LogP contribution is -2.27. The molecule has 0 radical (unpaired) electrons. The van der Waals surface area contributed by atoms with Crippen LogP contribution in [0.2, 0.25) is 0 Å². The fraction of sp³-hybridized carbons (Fsp3) is 0.143. The van der Waals surface area contributed by atoms with Crippen molar-refractivity contribution in [3.05, 3.63) is 125 Å². The van der Waals surface area contributed by atoms with Gasteiger partial charge < -0.3 is 14.0 Å². The molecule has 0 unspecified atom stereocenters. The molecule has 0 fully saturated rings. The largest absolute Gasteiger partial charge is 0.350 e. The Kier molecular flexibility index (Phi) is 5.85. The van der Waals surface area contributed by atoms with Crippen molar-refractivity contribution in [3.8, 4) is 0 Å². The van der Waals surface area contributed by atoms with Gasteiger partial charge in [0.05, 0.1) is 16.7 Å². The third-order valence-corrected chi connectivity index (χ3v) is 8.08. The van der Waals surface area contributed by atoms with Gasteiger partial charge in [0, 0.05) is 64.7 Å². The van der Waals surface area contributed by atoms with Crippen LogP contribution in [0.4, 0.5) is 5.69 Å². The highest BCUT2D eigenvalue weighted by Crippen LogP contribution is 2.38. The molecule has 196 valence electrons. The number of fused-ring (bicyclic) bond motifs is 4. The summed E-state index contributed by atoms with van der Waals surface area (Å²) in [7, 11) is 2.04. The van der Waals surface area contributed by atoms with Crippen LogP contribution in [0.25, 0.3) is 44.4 Å². The van der Waals surface area contributed by atoms with Crippen LogP contribution in [-0.4, -0.2) is 21.6 Å². The molecule has 0 saturated heterocycles. The number of unbranched alkanes of at least 4 members (excludes halogenated alkanes) is 1. The Hall–Kier alpha value is -4.90. The standard InChI is InChI=1S/C35H29N3O2/c1-36-23-24(25-12-2-6-16-30(25)36)22-29-26-13-3-7-17-31(26)38(35(29)40)21-11-10-20-37-32-18-8-4-14-27(32)34(39)28-15-5-9-19-33(28)37/h2-9,12-19,22-23H,10-11,20-21H2,1H3/b29-22-. The summed E-state index contributed by atoms with van der Waals surface area (Å²) in [6, 6.07) is 32.0. The second-order valence-electron chi connectivity index (χ2n) is 10.5. The second kappa shape index (κ2) is 9.69. The quantitative estimate of drug-likeness (QED) is 0.134. The van der Waals surface area contributed by atoms with E-state index in [1.165, 1.54) is 0 Å². The van der Waals surface area contributed by atoms with Gasteiger partial charge in [0.1, 0.15) is 0 Å². The fourth-order valence-electron chi connectivity index (χ4n) is 6.17. The van der Waals surface area contributed by atoms with E-state index >= 15 is 0 Å². The van der Waals surface area contributed by atoms with E-state index in [0.29, 0.717) is 6.54 Å². The molecule has 2 aromatic heterocycles. The minimum Gasteiger partial charge on any atom is -0.350 e. The van der Waals surface area contributed by atoms with Crippen molar-refractivity contribution < 1.29 is 4.79 Å². The highest BCUT2D eigenvalue weighted by Gasteiger charge is 2.31. The van der Waals surface area contributed by atoms with E-state index < -0.39 is 0 Å². The van der Waals surface area contributed by atoms with Crippen molar-refractivity contribution in [3.63, 3.8) is 0 Å². The summed E-state index contributed by atoms with van der Waals surface area (Å²) >= 11 is 0. The number of pyridine rings is 1. The van der Waals surface area contributed by atoms with Gasteiger partial charge in [0.15, 0.2) is 5.43 Å². The first-order valence-electron chi connectivity index (χ1n) is 13.8. The molecular formula is C35H29N3O2. The van der Waals surface area contributed by atoms with Crippen LogP contribution in [0.15, 0.2) is 108 Å². The third-order valence-electron chi connectivity index (χ3n) is 8.08. The zero-order valence-electron chi connectivity index (χ0n) is 22.4. The highest BCUT2D eigenvalue weighted by atomic mass is 16.2. The number of hydrogen-bond acceptors (Lipinski definition) is 2. The summed E-state index contributed by atoms with van der Waals surface area (Å²) in [4.78, 5) is 28.8. The maximum Gasteiger partial charge on any atom is 0.258 e. The Morgan fingerprint density at radius 2 is 1.23 bits per heavy atom. The average Bonchev–Trinajstić information content (AvgIpc) is 3.45. The normalized spacial score (nSPS) is 14.2. The summed E-state index contributed by atoms with van der Waals surface area (Å²) in [5.74, 6) is 0.0494. The second-order valence-corrected chi connectivity index (χ2v) is 10.5. The van der Waals surface area contributed by atoms with Crippen LogP contribution in [0, 0.1) is 0 Å². The van der Waals surface area contributed by atoms with E-state index in [1.807, 2.05) is 103 Å². The number of rotatable bonds is 6. The minimum atomic E-state index is 0.0494. The number of hydrogen-bond donors (Lipinski definition) is 0. The van der Waals surface area contributed by atoms with Crippen LogP contribution in [0.1, 0.15) is 24.0 Å². The van der Waals surface area contributed by atoms with Gasteiger partial charge in [-0.1, -0.05) is 60.7 Å². The number of nitrogens with zero attached hydrogens (tertiary/aromatic N) is 3. The van der Waals surface area contributed by atoms with Gasteiger partial charge in [-0.25, -0.2) is 0 Å². The van der Waals surface area contributed by atoms with Gasteiger partial charge >= 0.3 is 0 Å². The SMILES string of the molecule is Cn1cc(/C=C2\C(=O)N(CCCCn3c4ccccc4c(=O)c4ccccc43)c3ccccc32)c2ccccc21. The number of anilines is 1. The Balaban J connectivity index is 1.16. The monoisotopic (exact) mass is 523 g/mol. The number of aromatic nitrogens is 2. The molecule has 0 saturated carbocycles. The van der Waals surface area contributed by atoms with E-state index in [-0.39, 0.29) is 11.3 Å². The van der Waals surface area contributed by atoms with Gasteiger partial charge in [-0.2, -0.15) is 0 Å². The first-order valence-corrected chi connectivity index (χ1v) is 13.8. The molecule has 0 spiro atoms. The molecule has 0 aliphatic carbocycles. The van der Waals surface area contributed by atoms with E-state index in [2.05, 4.69) is 27.5 Å². The molecule has 1 aliphatic rings. The van der Waals surface area contributed by atoms with Crippen molar-refractivity contribution in [2.24, 2.45) is 7.05 Å². The van der Waals surface area contributed by atoms with Gasteiger partial charge in [-0.05, 0) is 55.3 Å². The lowest BCUT2D eigenvalue weighted by molar-refractivity contribution is -0.113. The molecule has 1 amide bonds. The average molecular weight is 524 g/mol. The number of amides is 1. The smallest absolute Gasteiger partial charge is 0.258 e. The Labute approximate surface area is 232 Å². The minimum absolute atomic E-state index is 0.0494. The van der Waals surface area contributed by atoms with Crippen LogP contribution in [0.5, 0.6) is 0 Å². The molecule has 6 aromatic rings. The molecule has 0 N–H and O–H groups in total. The number of benzene rings is 4. The molecule has 7 rings (SSSR count). The Bertz CT molecular complexity index is 1970. The summed E-state index contributed by atoms with van der Waals surface area (Å²) < 4.78 is 4.35. The fourth-order valence-corrected chi connectivity index (χ4v) is 6.17. The summed E-state index contributed by atoms with van der Waals surface area (Å²) in [5, 5.41) is 2.63. The molecule has 1 aliphatic heterocycles. The van der Waals surface area contributed by atoms with Gasteiger partial charge in [-0.15, -0.1) is 0 Å². The topological polar surface area (TPSA) is 47.2 Å². The summed E-state index contributed by atoms with van der Waals surface area (Å²) in [5.41, 5.74) is 6.87. The summed E-state index contributed by atoms with van der Waals surface area (Å²) in [6.45, 7) is 1.41. The molecule has 3 heterocycles. The first-order chi connectivity index (χ1) is 19.6. The van der Waals surface area contributed by atoms with Gasteiger partial charge in [0.2, 0.25) is 0 Å². The van der Waals surface area contributed by atoms with Crippen LogP contribution < -0.4 is 10.3 Å². The number of para-hydroxylation sites is 4. The highest BCUT2D eigenvalue weighted by molar-refractivity contribution is 6.36. The first kappa shape index (κ1) is 24.2. The predicted octanol–water partition coefficient (Wildman–Crippen LogP) is 7.01. The molecule has 0 atom stereocenters. The zero-order valence-corrected chi connectivity index (χ0v) is 22.4. The van der Waals surface area contributed by atoms with Crippen LogP contribution >= 0.6 is 0 Å². The number of aryl methyl sites for hydroxylation is 2. The number of carbonyl (C=O) groups is 1.